The van der Waals surface area contributed by atoms with Crippen LogP contribution in [0.25, 0.3) is 11.0 Å². The van der Waals surface area contributed by atoms with Crippen LogP contribution in [0, 0.1) is 0 Å². The maximum Gasteiger partial charge on any atom is 0.252 e. The highest BCUT2D eigenvalue weighted by Crippen LogP contribution is 2.17. The molecule has 0 aliphatic rings. The van der Waals surface area contributed by atoms with Gasteiger partial charge in [0.05, 0.1) is 21.6 Å². The second-order valence-corrected chi connectivity index (χ2v) is 7.75. The second-order valence-electron chi connectivity index (χ2n) is 7.34. The van der Waals surface area contributed by atoms with E-state index in [9.17, 15) is 9.59 Å². The summed E-state index contributed by atoms with van der Waals surface area (Å²) in [7, 11) is 0. The molecule has 32 heavy (non-hydrogen) atoms. The van der Waals surface area contributed by atoms with Crippen molar-refractivity contribution in [3.8, 4) is 0 Å². The molecule has 2 amide bonds. The van der Waals surface area contributed by atoms with E-state index in [0.717, 1.165) is 23.3 Å². The molecule has 0 saturated carbocycles. The number of hydrogen-bond acceptors (Lipinski definition) is 4. The van der Waals surface area contributed by atoms with Gasteiger partial charge in [0, 0.05) is 32.7 Å². The van der Waals surface area contributed by atoms with Gasteiger partial charge in [-0.15, -0.1) is 0 Å². The third-order valence-corrected chi connectivity index (χ3v) is 5.34. The van der Waals surface area contributed by atoms with Crippen LogP contribution in [-0.4, -0.2) is 47.7 Å². The van der Waals surface area contributed by atoms with Crippen LogP contribution in [0.3, 0.4) is 0 Å². The molecule has 1 aromatic heterocycles. The zero-order chi connectivity index (χ0) is 22.8. The second kappa shape index (κ2) is 12.2. The maximum atomic E-state index is 12.5. The minimum absolute atomic E-state index is 0.0575. The Morgan fingerprint density at radius 3 is 2.59 bits per heavy atom. The number of amides is 2. The molecule has 2 aromatic carbocycles. The number of aromatic nitrogens is 2. The van der Waals surface area contributed by atoms with E-state index >= 15 is 0 Å². The minimum atomic E-state index is -0.199. The van der Waals surface area contributed by atoms with Gasteiger partial charge in [0.15, 0.2) is 0 Å². The van der Waals surface area contributed by atoms with E-state index in [4.69, 9.17) is 21.3 Å². The topological polar surface area (TPSA) is 85.2 Å². The molecular weight excluding hydrogens is 428 g/mol. The van der Waals surface area contributed by atoms with Crippen LogP contribution < -0.4 is 10.6 Å². The highest BCUT2D eigenvalue weighted by Gasteiger charge is 2.14. The highest BCUT2D eigenvalue weighted by molar-refractivity contribution is 6.33. The molecule has 0 spiro atoms. The molecule has 0 bridgehead atoms. The van der Waals surface area contributed by atoms with Gasteiger partial charge in [-0.25, -0.2) is 4.98 Å². The molecular formula is C24H29ClN4O3. The largest absolute Gasteiger partial charge is 0.382 e. The van der Waals surface area contributed by atoms with Crippen molar-refractivity contribution in [1.29, 1.82) is 0 Å². The summed E-state index contributed by atoms with van der Waals surface area (Å²) >= 11 is 6.08. The van der Waals surface area contributed by atoms with E-state index in [1.54, 1.807) is 24.3 Å². The Kier molecular flexibility index (Phi) is 9.07. The van der Waals surface area contributed by atoms with Crippen LogP contribution in [0.5, 0.6) is 0 Å². The Labute approximate surface area is 193 Å². The summed E-state index contributed by atoms with van der Waals surface area (Å²) in [6.45, 7) is 4.53. The number of fused-ring (bicyclic) bond motifs is 1. The quantitative estimate of drug-likeness (QED) is 0.408. The van der Waals surface area contributed by atoms with Gasteiger partial charge in [0.2, 0.25) is 5.91 Å². The number of benzene rings is 2. The van der Waals surface area contributed by atoms with E-state index < -0.39 is 0 Å². The normalized spacial score (nSPS) is 10.9. The Balaban J connectivity index is 1.57. The van der Waals surface area contributed by atoms with Crippen LogP contribution in [0.1, 0.15) is 35.9 Å². The standard InChI is InChI=1S/C24H29ClN4O3/c1-2-32-16-8-15-26-23(30)17-29-21-12-6-5-11-20(21)28-22(29)13-7-14-27-24(31)18-9-3-4-10-19(18)25/h3-6,9-12H,2,7-8,13-17H2,1H3,(H,26,30)(H,27,31). The summed E-state index contributed by atoms with van der Waals surface area (Å²) < 4.78 is 7.25. The summed E-state index contributed by atoms with van der Waals surface area (Å²) in [6.07, 6.45) is 2.10. The average Bonchev–Trinajstić information content (AvgIpc) is 3.14. The van der Waals surface area contributed by atoms with Gasteiger partial charge in [0.25, 0.3) is 5.91 Å². The molecule has 3 aromatic rings. The van der Waals surface area contributed by atoms with Crippen LogP contribution in [0.15, 0.2) is 48.5 Å². The van der Waals surface area contributed by atoms with E-state index in [-0.39, 0.29) is 18.4 Å². The molecule has 3 rings (SSSR count). The number of hydrogen-bond donors (Lipinski definition) is 2. The lowest BCUT2D eigenvalue weighted by Crippen LogP contribution is -2.30. The third kappa shape index (κ3) is 6.55. The molecule has 7 nitrogen and oxygen atoms in total. The molecule has 0 atom stereocenters. The predicted molar refractivity (Wildman–Crippen MR) is 126 cm³/mol. The fourth-order valence-corrected chi connectivity index (χ4v) is 3.65. The summed E-state index contributed by atoms with van der Waals surface area (Å²) in [6, 6.07) is 14.7. The predicted octanol–water partition coefficient (Wildman–Crippen LogP) is 3.60. The third-order valence-electron chi connectivity index (χ3n) is 5.01. The number of carbonyl (C=O) groups is 2. The van der Waals surface area contributed by atoms with Crippen molar-refractivity contribution < 1.29 is 14.3 Å². The van der Waals surface area contributed by atoms with Gasteiger partial charge >= 0.3 is 0 Å². The molecule has 0 radical (unpaired) electrons. The summed E-state index contributed by atoms with van der Waals surface area (Å²) in [5.41, 5.74) is 2.24. The SMILES string of the molecule is CCOCCCNC(=O)Cn1c(CCCNC(=O)c2ccccc2Cl)nc2ccccc21. The van der Waals surface area contributed by atoms with Crippen LogP contribution in [0.4, 0.5) is 0 Å². The minimum Gasteiger partial charge on any atom is -0.382 e. The fourth-order valence-electron chi connectivity index (χ4n) is 3.43. The lowest BCUT2D eigenvalue weighted by Gasteiger charge is -2.11. The Hall–Kier alpha value is -2.90. The van der Waals surface area contributed by atoms with Crippen LogP contribution in [-0.2, 0) is 22.5 Å². The first-order valence-electron chi connectivity index (χ1n) is 10.9. The number of imidazole rings is 1. The zero-order valence-electron chi connectivity index (χ0n) is 18.3. The number of halogens is 1. The number of ether oxygens (including phenoxy) is 1. The molecule has 8 heteroatoms. The van der Waals surface area contributed by atoms with Gasteiger partial charge in [-0.05, 0) is 44.0 Å². The molecule has 2 N–H and O–H groups in total. The molecule has 0 unspecified atom stereocenters. The Bertz CT molecular complexity index is 1050. The van der Waals surface area contributed by atoms with Gasteiger partial charge in [0.1, 0.15) is 12.4 Å². The van der Waals surface area contributed by atoms with Gasteiger partial charge in [-0.3, -0.25) is 9.59 Å². The molecule has 0 aliphatic heterocycles. The molecule has 170 valence electrons. The smallest absolute Gasteiger partial charge is 0.252 e. The van der Waals surface area contributed by atoms with E-state index in [2.05, 4.69) is 10.6 Å². The molecule has 1 heterocycles. The Morgan fingerprint density at radius 2 is 1.78 bits per heavy atom. The number of nitrogens with zero attached hydrogens (tertiary/aromatic N) is 2. The first-order valence-corrected chi connectivity index (χ1v) is 11.3. The van der Waals surface area contributed by atoms with Crippen LogP contribution in [0.2, 0.25) is 5.02 Å². The van der Waals surface area contributed by atoms with Gasteiger partial charge in [-0.2, -0.15) is 0 Å². The zero-order valence-corrected chi connectivity index (χ0v) is 19.0. The lowest BCUT2D eigenvalue weighted by molar-refractivity contribution is -0.121. The first kappa shape index (κ1) is 23.8. The molecule has 0 fully saturated rings. The lowest BCUT2D eigenvalue weighted by atomic mass is 10.2. The first-order chi connectivity index (χ1) is 15.6. The monoisotopic (exact) mass is 456 g/mol. The van der Waals surface area contributed by atoms with Crippen LogP contribution >= 0.6 is 11.6 Å². The van der Waals surface area contributed by atoms with E-state index in [0.29, 0.717) is 49.7 Å². The highest BCUT2D eigenvalue weighted by atomic mass is 35.5. The molecule has 0 aliphatic carbocycles. The number of nitrogens with one attached hydrogen (secondary N) is 2. The summed E-state index contributed by atoms with van der Waals surface area (Å²) in [4.78, 5) is 29.5. The molecule has 0 saturated heterocycles. The Morgan fingerprint density at radius 1 is 1.03 bits per heavy atom. The number of aryl methyl sites for hydroxylation is 1. The van der Waals surface area contributed by atoms with Crippen molar-refractivity contribution in [3.05, 3.63) is 64.9 Å². The number of rotatable bonds is 12. The summed E-state index contributed by atoms with van der Waals surface area (Å²) in [5.74, 6) is 0.566. The van der Waals surface area contributed by atoms with Crippen molar-refractivity contribution in [3.63, 3.8) is 0 Å². The maximum absolute atomic E-state index is 12.5. The van der Waals surface area contributed by atoms with E-state index in [1.165, 1.54) is 0 Å². The fraction of sp³-hybridized carbons (Fsp3) is 0.375. The van der Waals surface area contributed by atoms with Gasteiger partial charge in [-0.1, -0.05) is 35.9 Å². The number of para-hydroxylation sites is 2. The summed E-state index contributed by atoms with van der Waals surface area (Å²) in [5, 5.41) is 6.27. The number of carbonyl (C=O) groups excluding carboxylic acids is 2. The van der Waals surface area contributed by atoms with E-state index in [1.807, 2.05) is 35.8 Å². The van der Waals surface area contributed by atoms with Crippen molar-refractivity contribution in [2.45, 2.75) is 32.7 Å². The van der Waals surface area contributed by atoms with Gasteiger partial charge < -0.3 is 19.9 Å². The van der Waals surface area contributed by atoms with Crippen molar-refractivity contribution in [1.82, 2.24) is 20.2 Å². The van der Waals surface area contributed by atoms with Crippen molar-refractivity contribution >= 4 is 34.4 Å². The van der Waals surface area contributed by atoms with Crippen molar-refractivity contribution in [2.75, 3.05) is 26.3 Å². The van der Waals surface area contributed by atoms with Crippen molar-refractivity contribution in [2.24, 2.45) is 0 Å². The average molecular weight is 457 g/mol.